The maximum Gasteiger partial charge on any atom is 0.266 e. The van der Waals surface area contributed by atoms with Crippen LogP contribution in [-0.2, 0) is 0 Å². The number of thiazole rings is 1. The van der Waals surface area contributed by atoms with Gasteiger partial charge in [-0.1, -0.05) is 11.6 Å². The van der Waals surface area contributed by atoms with Gasteiger partial charge in [0.1, 0.15) is 0 Å². The lowest BCUT2D eigenvalue weighted by atomic mass is 10.1. The fourth-order valence-electron chi connectivity index (χ4n) is 2.49. The minimum Gasteiger partial charge on any atom is -0.502 e. The van der Waals surface area contributed by atoms with E-state index in [1.165, 1.54) is 20.3 Å². The first-order chi connectivity index (χ1) is 13.4. The van der Waals surface area contributed by atoms with Gasteiger partial charge < -0.3 is 19.6 Å². The van der Waals surface area contributed by atoms with Gasteiger partial charge in [-0.25, -0.2) is 0 Å². The Bertz CT molecular complexity index is 1170. The van der Waals surface area contributed by atoms with Crippen molar-refractivity contribution in [3.63, 3.8) is 0 Å². The smallest absolute Gasteiger partial charge is 0.266 e. The first-order valence-electron chi connectivity index (χ1n) is 8.08. The summed E-state index contributed by atoms with van der Waals surface area (Å²) >= 11 is 6.97. The number of hydrogen-bond acceptors (Lipinski definition) is 6. The molecular formula is C20H16ClNO5S. The molecule has 0 bridgehead atoms. The molecule has 0 amide bonds. The highest BCUT2D eigenvalue weighted by molar-refractivity contribution is 7.07. The molecule has 2 N–H and O–H groups in total. The molecule has 0 aliphatic heterocycles. The van der Waals surface area contributed by atoms with Crippen molar-refractivity contribution in [2.45, 2.75) is 0 Å². The van der Waals surface area contributed by atoms with Crippen molar-refractivity contribution in [3.8, 4) is 17.2 Å². The molecule has 0 unspecified atom stereocenters. The number of nitrogens with one attached hydrogen (secondary N) is 1. The molecule has 0 saturated heterocycles. The second kappa shape index (κ2) is 8.33. The Morgan fingerprint density at radius 3 is 2.32 bits per heavy atom. The van der Waals surface area contributed by atoms with E-state index >= 15 is 0 Å². The molecule has 0 spiro atoms. The Morgan fingerprint density at radius 2 is 1.75 bits per heavy atom. The van der Waals surface area contributed by atoms with E-state index in [2.05, 4.69) is 4.98 Å². The number of H-pyrrole nitrogens is 1. The second-order valence-electron chi connectivity index (χ2n) is 5.72. The number of carbonyl (C=O) groups excluding carboxylic acids is 1. The standard InChI is InChI=1S/C20H16ClNO5S/c1-26-15-7-11(8-16(27-2)19(15)24)9-17-20(25)22-18(28-17)10-14(23)12-3-5-13(21)6-4-12/h3-10,24H,1-2H3,(H,22,25)/b17-9+,18-10-. The summed E-state index contributed by atoms with van der Waals surface area (Å²) in [4.78, 5) is 27.2. The lowest BCUT2D eigenvalue weighted by Gasteiger charge is -2.09. The zero-order valence-electron chi connectivity index (χ0n) is 15.0. The Kier molecular flexibility index (Phi) is 5.87. The number of methoxy groups -OCH3 is 2. The molecular weight excluding hydrogens is 402 g/mol. The zero-order valence-corrected chi connectivity index (χ0v) is 16.6. The molecule has 1 aromatic heterocycles. The van der Waals surface area contributed by atoms with Crippen LogP contribution in [0.25, 0.3) is 12.2 Å². The highest BCUT2D eigenvalue weighted by Crippen LogP contribution is 2.37. The van der Waals surface area contributed by atoms with Gasteiger partial charge in [0.15, 0.2) is 17.3 Å². The van der Waals surface area contributed by atoms with E-state index in [1.807, 2.05) is 0 Å². The topological polar surface area (TPSA) is 88.6 Å². The van der Waals surface area contributed by atoms with Crippen molar-refractivity contribution in [2.75, 3.05) is 14.2 Å². The van der Waals surface area contributed by atoms with Gasteiger partial charge in [-0.2, -0.15) is 0 Å². The fourth-order valence-corrected chi connectivity index (χ4v) is 3.50. The summed E-state index contributed by atoms with van der Waals surface area (Å²) in [5.74, 6) is 0.0880. The summed E-state index contributed by atoms with van der Waals surface area (Å²) < 4.78 is 11.1. The van der Waals surface area contributed by atoms with Crippen LogP contribution in [0.2, 0.25) is 5.02 Å². The number of aromatic amines is 1. The fraction of sp³-hybridized carbons (Fsp3) is 0.100. The molecule has 3 rings (SSSR count). The maximum absolute atomic E-state index is 12.3. The van der Waals surface area contributed by atoms with Crippen molar-refractivity contribution in [3.05, 3.63) is 72.1 Å². The predicted molar refractivity (Wildman–Crippen MR) is 109 cm³/mol. The van der Waals surface area contributed by atoms with Crippen LogP contribution in [0.4, 0.5) is 0 Å². The van der Waals surface area contributed by atoms with Crippen molar-refractivity contribution >= 4 is 40.9 Å². The average Bonchev–Trinajstić information content (AvgIpc) is 3.02. The van der Waals surface area contributed by atoms with Gasteiger partial charge in [-0.3, -0.25) is 9.59 Å². The molecule has 0 atom stereocenters. The Labute approximate surface area is 168 Å². The van der Waals surface area contributed by atoms with Crippen LogP contribution in [0.1, 0.15) is 15.9 Å². The lowest BCUT2D eigenvalue weighted by molar-refractivity contribution is 0.106. The van der Waals surface area contributed by atoms with E-state index in [9.17, 15) is 14.7 Å². The number of Topliss-reactive ketones (excluding diaryl/α,β-unsaturated/α-hetero) is 1. The highest BCUT2D eigenvalue weighted by atomic mass is 35.5. The summed E-state index contributed by atoms with van der Waals surface area (Å²) in [6, 6.07) is 9.66. The lowest BCUT2D eigenvalue weighted by Crippen LogP contribution is -2.20. The van der Waals surface area contributed by atoms with Gasteiger partial charge >= 0.3 is 0 Å². The van der Waals surface area contributed by atoms with E-state index < -0.39 is 0 Å². The number of aromatic nitrogens is 1. The number of aromatic hydroxyl groups is 1. The number of hydrogen-bond donors (Lipinski definition) is 2. The minimum atomic E-state index is -0.328. The van der Waals surface area contributed by atoms with Crippen LogP contribution in [-0.4, -0.2) is 30.1 Å². The third-order valence-corrected chi connectivity index (χ3v) is 5.09. The number of ketones is 1. The molecule has 0 radical (unpaired) electrons. The van der Waals surface area contributed by atoms with Gasteiger partial charge in [0.2, 0.25) is 5.75 Å². The molecule has 6 nitrogen and oxygen atoms in total. The Hall–Kier alpha value is -3.03. The first-order valence-corrected chi connectivity index (χ1v) is 9.28. The van der Waals surface area contributed by atoms with Crippen LogP contribution >= 0.6 is 22.9 Å². The van der Waals surface area contributed by atoms with Crippen molar-refractivity contribution in [2.24, 2.45) is 0 Å². The Morgan fingerprint density at radius 1 is 1.14 bits per heavy atom. The quantitative estimate of drug-likeness (QED) is 0.622. The second-order valence-corrected chi connectivity index (χ2v) is 7.24. The van der Waals surface area contributed by atoms with Gasteiger partial charge in [0.05, 0.1) is 23.4 Å². The third-order valence-electron chi connectivity index (χ3n) is 3.87. The summed E-state index contributed by atoms with van der Waals surface area (Å²) in [6.07, 6.45) is 2.99. The molecule has 0 saturated carbocycles. The minimum absolute atomic E-state index is 0.121. The zero-order chi connectivity index (χ0) is 20.3. The summed E-state index contributed by atoms with van der Waals surface area (Å²) in [7, 11) is 2.84. The van der Waals surface area contributed by atoms with Crippen LogP contribution < -0.4 is 24.2 Å². The molecule has 3 aromatic rings. The molecule has 2 aromatic carbocycles. The van der Waals surface area contributed by atoms with Gasteiger partial charge in [-0.15, -0.1) is 11.3 Å². The van der Waals surface area contributed by atoms with Crippen molar-refractivity contribution < 1.29 is 19.4 Å². The molecule has 1 heterocycles. The van der Waals surface area contributed by atoms with E-state index in [1.54, 1.807) is 42.5 Å². The van der Waals surface area contributed by atoms with Gasteiger partial charge in [0.25, 0.3) is 5.56 Å². The van der Waals surface area contributed by atoms with Crippen molar-refractivity contribution in [1.29, 1.82) is 0 Å². The number of rotatable bonds is 5. The summed E-state index contributed by atoms with van der Waals surface area (Å²) in [5.41, 5.74) is 0.748. The predicted octanol–water partition coefficient (Wildman–Crippen LogP) is 2.30. The third kappa shape index (κ3) is 4.27. The molecule has 144 valence electrons. The van der Waals surface area contributed by atoms with E-state index in [-0.39, 0.29) is 28.6 Å². The van der Waals surface area contributed by atoms with Crippen LogP contribution in [0.5, 0.6) is 17.2 Å². The normalized spacial score (nSPS) is 12.2. The number of phenolic OH excluding ortho intramolecular Hbond substituents is 1. The highest BCUT2D eigenvalue weighted by Gasteiger charge is 2.10. The van der Waals surface area contributed by atoms with E-state index in [0.717, 1.165) is 11.3 Å². The van der Waals surface area contributed by atoms with Gasteiger partial charge in [0, 0.05) is 16.7 Å². The molecule has 0 fully saturated rings. The van der Waals surface area contributed by atoms with Gasteiger partial charge in [-0.05, 0) is 48.0 Å². The van der Waals surface area contributed by atoms with Crippen LogP contribution in [0, 0.1) is 0 Å². The number of carbonyl (C=O) groups is 1. The molecule has 8 heteroatoms. The van der Waals surface area contributed by atoms with E-state index in [0.29, 0.717) is 25.3 Å². The first kappa shape index (κ1) is 19.7. The van der Waals surface area contributed by atoms with Crippen LogP contribution in [0.3, 0.4) is 0 Å². The largest absolute Gasteiger partial charge is 0.502 e. The van der Waals surface area contributed by atoms with E-state index in [4.69, 9.17) is 21.1 Å². The van der Waals surface area contributed by atoms with Crippen LogP contribution in [0.15, 0.2) is 41.2 Å². The number of phenols is 1. The molecule has 0 aliphatic carbocycles. The Balaban J connectivity index is 2.02. The average molecular weight is 418 g/mol. The molecule has 0 aliphatic rings. The summed E-state index contributed by atoms with van der Waals surface area (Å²) in [5, 5.41) is 10.5. The SMILES string of the molecule is COc1cc(/C=c2/s/c(=C\C(=O)c3ccc(Cl)cc3)[nH]c2=O)cc(OC)c1O. The number of ether oxygens (including phenoxy) is 2. The maximum atomic E-state index is 12.3. The number of benzene rings is 2. The number of halogens is 1. The summed E-state index contributed by atoms with van der Waals surface area (Å²) in [6.45, 7) is 0. The van der Waals surface area contributed by atoms with Crippen molar-refractivity contribution in [1.82, 2.24) is 4.98 Å². The molecule has 28 heavy (non-hydrogen) atoms. The monoisotopic (exact) mass is 417 g/mol.